The van der Waals surface area contributed by atoms with Crippen molar-refractivity contribution < 1.29 is 32.5 Å². The highest BCUT2D eigenvalue weighted by Gasteiger charge is 2.50. The molecule has 2 aliphatic rings. The maximum Gasteiger partial charge on any atom is 0.429 e. The van der Waals surface area contributed by atoms with Gasteiger partial charge >= 0.3 is 12.1 Å². The summed E-state index contributed by atoms with van der Waals surface area (Å²) in [5.74, 6) is -0.593. The monoisotopic (exact) mass is 619 g/mol. The van der Waals surface area contributed by atoms with E-state index in [0.717, 1.165) is 6.42 Å². The van der Waals surface area contributed by atoms with Crippen molar-refractivity contribution in [3.63, 3.8) is 0 Å². The zero-order chi connectivity index (χ0) is 30.9. The van der Waals surface area contributed by atoms with E-state index in [0.29, 0.717) is 49.5 Å². The van der Waals surface area contributed by atoms with Crippen molar-refractivity contribution >= 4 is 29.3 Å². The molecule has 2 fully saturated rings. The molecule has 3 heterocycles. The van der Waals surface area contributed by atoms with Crippen LogP contribution in [-0.2, 0) is 4.79 Å². The number of aromatic nitrogens is 2. The number of nitrogens with two attached hydrogens (primary N) is 1. The van der Waals surface area contributed by atoms with Gasteiger partial charge < -0.3 is 30.5 Å². The van der Waals surface area contributed by atoms with Crippen molar-refractivity contribution in [2.24, 2.45) is 5.41 Å². The van der Waals surface area contributed by atoms with E-state index in [9.17, 15) is 23.1 Å². The van der Waals surface area contributed by atoms with Gasteiger partial charge in [0.15, 0.2) is 0 Å². The third-order valence-corrected chi connectivity index (χ3v) is 8.70. The van der Waals surface area contributed by atoms with Crippen molar-refractivity contribution in [2.45, 2.75) is 57.0 Å². The second-order valence-electron chi connectivity index (χ2n) is 11.0. The number of nitrogens with zero attached hydrogens (tertiary/aromatic N) is 3. The molecule has 1 aromatic heterocycles. The molecule has 0 bridgehead atoms. The number of aliphatic carboxylic acids is 1. The van der Waals surface area contributed by atoms with Crippen molar-refractivity contribution in [1.82, 2.24) is 15.3 Å². The maximum absolute atomic E-state index is 14.6. The van der Waals surface area contributed by atoms with Crippen LogP contribution >= 0.6 is 11.6 Å². The number of piperidine rings is 1. The topological polar surface area (TPSA) is 123 Å². The molecule has 2 aromatic carbocycles. The van der Waals surface area contributed by atoms with Gasteiger partial charge in [-0.1, -0.05) is 36.7 Å². The van der Waals surface area contributed by atoms with Gasteiger partial charge in [0.2, 0.25) is 17.9 Å². The summed E-state index contributed by atoms with van der Waals surface area (Å²) < 4.78 is 54.6. The summed E-state index contributed by atoms with van der Waals surface area (Å²) >= 11 is 6.20. The highest BCUT2D eigenvalue weighted by atomic mass is 35.5. The summed E-state index contributed by atoms with van der Waals surface area (Å²) in [6.45, 7) is 3.09. The van der Waals surface area contributed by atoms with Gasteiger partial charge in [-0.15, -0.1) is 0 Å². The summed E-state index contributed by atoms with van der Waals surface area (Å²) in [5.41, 5.74) is 6.32. The van der Waals surface area contributed by atoms with Gasteiger partial charge in [0, 0.05) is 35.8 Å². The van der Waals surface area contributed by atoms with Crippen LogP contribution in [0.3, 0.4) is 0 Å². The molecule has 1 spiro atoms. The second kappa shape index (κ2) is 12.1. The van der Waals surface area contributed by atoms with E-state index in [4.69, 9.17) is 26.8 Å². The zero-order valence-electron chi connectivity index (χ0n) is 23.7. The van der Waals surface area contributed by atoms with Crippen molar-refractivity contribution in [3.05, 3.63) is 59.1 Å². The van der Waals surface area contributed by atoms with Gasteiger partial charge in [0.05, 0.1) is 7.11 Å². The maximum atomic E-state index is 14.6. The number of carboxylic acid groups (broad SMARTS) is 1. The van der Waals surface area contributed by atoms with E-state index in [1.54, 1.807) is 24.3 Å². The smallest absolute Gasteiger partial charge is 0.429 e. The number of hydrogen-bond acceptors (Lipinski definition) is 8. The Labute approximate surface area is 252 Å². The van der Waals surface area contributed by atoms with Crippen LogP contribution < -0.4 is 25.4 Å². The molecule has 2 aliphatic heterocycles. The Morgan fingerprint density at radius 2 is 1.95 bits per heavy atom. The van der Waals surface area contributed by atoms with Crippen LogP contribution in [0.1, 0.15) is 44.3 Å². The zero-order valence-corrected chi connectivity index (χ0v) is 24.5. The largest absolute Gasteiger partial charge is 0.497 e. The number of rotatable bonds is 8. The highest BCUT2D eigenvalue weighted by molar-refractivity contribution is 6.30. The van der Waals surface area contributed by atoms with Crippen LogP contribution in [0.5, 0.6) is 11.6 Å². The van der Waals surface area contributed by atoms with E-state index >= 15 is 0 Å². The minimum atomic E-state index is -4.82. The molecular formula is C30H33ClF3N5O4. The summed E-state index contributed by atoms with van der Waals surface area (Å²) in [4.78, 5) is 21.8. The lowest BCUT2D eigenvalue weighted by Gasteiger charge is -2.43. The molecule has 0 saturated carbocycles. The lowest BCUT2D eigenvalue weighted by Crippen LogP contribution is -2.46. The molecule has 5 rings (SSSR count). The fourth-order valence-electron chi connectivity index (χ4n) is 6.35. The molecule has 230 valence electrons. The Kier molecular flexibility index (Phi) is 8.62. The summed E-state index contributed by atoms with van der Waals surface area (Å²) in [6.07, 6.45) is -4.49. The molecule has 9 nitrogen and oxygen atoms in total. The molecule has 43 heavy (non-hydrogen) atoms. The summed E-state index contributed by atoms with van der Waals surface area (Å²) in [6, 6.07) is 11.6. The van der Waals surface area contributed by atoms with Crippen molar-refractivity contribution in [1.29, 1.82) is 0 Å². The second-order valence-corrected chi connectivity index (χ2v) is 11.4. The van der Waals surface area contributed by atoms with Crippen LogP contribution in [0, 0.1) is 5.41 Å². The Hall–Kier alpha value is -3.77. The van der Waals surface area contributed by atoms with Crippen LogP contribution in [0.4, 0.5) is 24.9 Å². The SMILES string of the molecule is CC[C@@H]1NC(C(=O)O)CC12CCN(c1cc(O[C@H](c3ccc(Cl)cc3-c3cccc(OC)c3)C(F)(F)F)nc(N)n1)CC2. The molecule has 0 aliphatic carbocycles. The number of halogens is 4. The first-order valence-electron chi connectivity index (χ1n) is 14.0. The molecule has 3 atom stereocenters. The van der Waals surface area contributed by atoms with Crippen molar-refractivity contribution in [3.8, 4) is 22.8 Å². The van der Waals surface area contributed by atoms with Gasteiger partial charge in [-0.3, -0.25) is 4.79 Å². The van der Waals surface area contributed by atoms with E-state index in [-0.39, 0.29) is 39.4 Å². The van der Waals surface area contributed by atoms with Crippen LogP contribution in [-0.4, -0.2) is 59.5 Å². The molecule has 0 amide bonds. The normalized spacial score (nSPS) is 20.7. The van der Waals surface area contributed by atoms with Crippen molar-refractivity contribution in [2.75, 3.05) is 30.8 Å². The highest BCUT2D eigenvalue weighted by Crippen LogP contribution is 2.46. The number of nitrogen functional groups attached to an aromatic ring is 1. The predicted molar refractivity (Wildman–Crippen MR) is 156 cm³/mol. The first-order valence-corrected chi connectivity index (χ1v) is 14.4. The molecule has 1 unspecified atom stereocenters. The Bertz CT molecular complexity index is 1480. The molecule has 2 saturated heterocycles. The quantitative estimate of drug-likeness (QED) is 0.284. The predicted octanol–water partition coefficient (Wildman–Crippen LogP) is 5.88. The molecule has 3 aromatic rings. The molecule has 13 heteroatoms. The number of anilines is 2. The van der Waals surface area contributed by atoms with E-state index in [2.05, 4.69) is 15.3 Å². The first-order chi connectivity index (χ1) is 20.4. The fourth-order valence-corrected chi connectivity index (χ4v) is 6.52. The Morgan fingerprint density at radius 3 is 2.60 bits per heavy atom. The van der Waals surface area contributed by atoms with Gasteiger partial charge in [-0.05, 0) is 66.5 Å². The van der Waals surface area contributed by atoms with Gasteiger partial charge in [-0.25, -0.2) is 0 Å². The van der Waals surface area contributed by atoms with E-state index < -0.39 is 24.3 Å². The Balaban J connectivity index is 1.42. The molecule has 0 radical (unpaired) electrons. The Morgan fingerprint density at radius 1 is 1.21 bits per heavy atom. The van der Waals surface area contributed by atoms with E-state index in [1.807, 2.05) is 11.8 Å². The third kappa shape index (κ3) is 6.45. The number of carboxylic acids is 1. The number of carbonyl (C=O) groups is 1. The van der Waals surface area contributed by atoms with Crippen LogP contribution in [0.15, 0.2) is 48.5 Å². The average molecular weight is 620 g/mol. The molecular weight excluding hydrogens is 587 g/mol. The van der Waals surface area contributed by atoms with E-state index in [1.165, 1.54) is 31.4 Å². The molecule has 4 N–H and O–H groups in total. The van der Waals surface area contributed by atoms with Gasteiger partial charge in [0.25, 0.3) is 0 Å². The number of methoxy groups -OCH3 is 1. The summed E-state index contributed by atoms with van der Waals surface area (Å²) in [7, 11) is 1.47. The number of benzene rings is 2. The van der Waals surface area contributed by atoms with Crippen LogP contribution in [0.25, 0.3) is 11.1 Å². The number of alkyl halides is 3. The third-order valence-electron chi connectivity index (χ3n) is 8.46. The summed E-state index contributed by atoms with van der Waals surface area (Å²) in [5, 5.41) is 13.1. The average Bonchev–Trinajstić information content (AvgIpc) is 3.33. The van der Waals surface area contributed by atoms with Gasteiger partial charge in [0.1, 0.15) is 17.6 Å². The van der Waals surface area contributed by atoms with Crippen LogP contribution in [0.2, 0.25) is 5.02 Å². The lowest BCUT2D eigenvalue weighted by atomic mass is 9.71. The lowest BCUT2D eigenvalue weighted by molar-refractivity contribution is -0.198. The minimum absolute atomic E-state index is 0.0656. The minimum Gasteiger partial charge on any atom is -0.497 e. The number of nitrogens with one attached hydrogen (secondary N) is 1. The van der Waals surface area contributed by atoms with Gasteiger partial charge in [-0.2, -0.15) is 23.1 Å². The standard InChI is InChI=1S/C30H33ClF3N5O4/c1-3-23-29(16-22(36-23)27(40)41)9-11-39(12-10-29)24-15-25(38-28(35)37-24)43-26(30(32,33)34)20-8-7-18(31)14-21(20)17-5-4-6-19(13-17)42-2/h4-8,13-15,22-23,26,36H,3,9-12,16H2,1-2H3,(H,40,41)(H2,35,37,38)/t22?,23-,26+/m0/s1. The fraction of sp³-hybridized carbons (Fsp3) is 0.433. The first kappa shape index (κ1) is 30.7. The number of hydrogen-bond donors (Lipinski definition) is 3. The number of ether oxygens (including phenoxy) is 2.